The Kier molecular flexibility index (Phi) is 4.03. The van der Waals surface area contributed by atoms with Gasteiger partial charge in [-0.3, -0.25) is 4.79 Å². The van der Waals surface area contributed by atoms with E-state index in [2.05, 4.69) is 5.32 Å². The second-order valence-electron chi connectivity index (χ2n) is 4.11. The second-order valence-corrected chi connectivity index (χ2v) is 4.11. The quantitative estimate of drug-likeness (QED) is 0.863. The normalized spacial score (nSPS) is 9.95. The Hall–Kier alpha value is -2.49. The van der Waals surface area contributed by atoms with Gasteiger partial charge in [0.05, 0.1) is 12.7 Å². The number of ether oxygens (including phenoxy) is 1. The first-order chi connectivity index (χ1) is 9.20. The molecule has 2 aromatic carbocycles. The number of anilines is 1. The van der Waals surface area contributed by atoms with Gasteiger partial charge in [0.1, 0.15) is 5.75 Å². The summed E-state index contributed by atoms with van der Waals surface area (Å²) >= 11 is 0. The molecule has 0 aliphatic carbocycles. The summed E-state index contributed by atoms with van der Waals surface area (Å²) in [6.07, 6.45) is 0. The molecule has 0 saturated carbocycles. The lowest BCUT2D eigenvalue weighted by Gasteiger charge is -2.11. The van der Waals surface area contributed by atoms with Crippen molar-refractivity contribution in [2.45, 2.75) is 6.54 Å². The molecule has 2 aromatic rings. The third-order valence-corrected chi connectivity index (χ3v) is 2.82. The summed E-state index contributed by atoms with van der Waals surface area (Å²) in [4.78, 5) is 11.4. The molecule has 0 radical (unpaired) electrons. The highest BCUT2D eigenvalue weighted by molar-refractivity contribution is 5.98. The van der Waals surface area contributed by atoms with Gasteiger partial charge < -0.3 is 15.8 Å². The van der Waals surface area contributed by atoms with E-state index in [1.54, 1.807) is 25.3 Å². The number of nitrogens with one attached hydrogen (secondary N) is 1. The maximum atomic E-state index is 11.4. The zero-order chi connectivity index (χ0) is 13.7. The van der Waals surface area contributed by atoms with Crippen LogP contribution in [-0.2, 0) is 6.54 Å². The number of amides is 1. The third-order valence-electron chi connectivity index (χ3n) is 2.82. The maximum Gasteiger partial charge on any atom is 0.250 e. The Morgan fingerprint density at radius 3 is 2.58 bits per heavy atom. The average Bonchev–Trinajstić information content (AvgIpc) is 2.46. The molecule has 0 spiro atoms. The van der Waals surface area contributed by atoms with Crippen molar-refractivity contribution >= 4 is 11.6 Å². The minimum atomic E-state index is -0.477. The minimum Gasteiger partial charge on any atom is -0.497 e. The molecule has 98 valence electrons. The summed E-state index contributed by atoms with van der Waals surface area (Å²) in [6.45, 7) is 0.632. The highest BCUT2D eigenvalue weighted by Gasteiger charge is 2.09. The van der Waals surface area contributed by atoms with Gasteiger partial charge >= 0.3 is 0 Å². The van der Waals surface area contributed by atoms with E-state index in [0.29, 0.717) is 23.5 Å². The predicted octanol–water partition coefficient (Wildman–Crippen LogP) is 2.41. The maximum absolute atomic E-state index is 11.4. The molecule has 0 atom stereocenters. The molecule has 0 heterocycles. The van der Waals surface area contributed by atoms with Crippen LogP contribution in [0, 0.1) is 0 Å². The van der Waals surface area contributed by atoms with Crippen LogP contribution < -0.4 is 15.8 Å². The average molecular weight is 256 g/mol. The van der Waals surface area contributed by atoms with Crippen LogP contribution in [0.4, 0.5) is 5.69 Å². The van der Waals surface area contributed by atoms with E-state index < -0.39 is 5.91 Å². The number of benzene rings is 2. The standard InChI is InChI=1S/C15H16N2O2/c1-19-12-7-8-14(13(9-12)15(16)18)17-10-11-5-3-2-4-6-11/h2-9,17H,10H2,1H3,(H2,16,18). The number of nitrogens with two attached hydrogens (primary N) is 1. The number of rotatable bonds is 5. The molecule has 0 aliphatic rings. The van der Waals surface area contributed by atoms with Gasteiger partial charge in [-0.25, -0.2) is 0 Å². The number of methoxy groups -OCH3 is 1. The first-order valence-corrected chi connectivity index (χ1v) is 5.96. The van der Waals surface area contributed by atoms with Crippen molar-refractivity contribution in [2.75, 3.05) is 12.4 Å². The number of primary amides is 1. The van der Waals surface area contributed by atoms with E-state index in [0.717, 1.165) is 5.56 Å². The van der Waals surface area contributed by atoms with E-state index in [-0.39, 0.29) is 0 Å². The lowest BCUT2D eigenvalue weighted by molar-refractivity contribution is 0.100. The smallest absolute Gasteiger partial charge is 0.250 e. The summed E-state index contributed by atoms with van der Waals surface area (Å²) in [7, 11) is 1.55. The van der Waals surface area contributed by atoms with Crippen LogP contribution in [0.3, 0.4) is 0 Å². The zero-order valence-electron chi connectivity index (χ0n) is 10.7. The topological polar surface area (TPSA) is 64.3 Å². The first-order valence-electron chi connectivity index (χ1n) is 5.96. The first kappa shape index (κ1) is 13.0. The van der Waals surface area contributed by atoms with Crippen molar-refractivity contribution in [2.24, 2.45) is 5.73 Å². The summed E-state index contributed by atoms with van der Waals surface area (Å²) in [5.41, 5.74) is 7.64. The van der Waals surface area contributed by atoms with Crippen molar-refractivity contribution in [3.05, 3.63) is 59.7 Å². The Balaban J connectivity index is 2.18. The number of carbonyl (C=O) groups is 1. The number of carbonyl (C=O) groups excluding carboxylic acids is 1. The van der Waals surface area contributed by atoms with Gasteiger partial charge in [0.25, 0.3) is 5.91 Å². The molecule has 0 saturated heterocycles. The summed E-state index contributed by atoms with van der Waals surface area (Å²) in [5, 5.41) is 3.21. The minimum absolute atomic E-state index is 0.426. The second kappa shape index (κ2) is 5.91. The van der Waals surface area contributed by atoms with E-state index in [1.807, 2.05) is 30.3 Å². The van der Waals surface area contributed by atoms with Crippen LogP contribution in [0.1, 0.15) is 15.9 Å². The van der Waals surface area contributed by atoms with E-state index in [4.69, 9.17) is 10.5 Å². The fraction of sp³-hybridized carbons (Fsp3) is 0.133. The Labute approximate surface area is 112 Å². The molecule has 0 unspecified atom stereocenters. The molecular formula is C15H16N2O2. The fourth-order valence-corrected chi connectivity index (χ4v) is 1.80. The predicted molar refractivity (Wildman–Crippen MR) is 75.3 cm³/mol. The van der Waals surface area contributed by atoms with Crippen LogP contribution in [0.25, 0.3) is 0 Å². The van der Waals surface area contributed by atoms with Crippen molar-refractivity contribution in [3.8, 4) is 5.75 Å². The molecule has 0 aromatic heterocycles. The van der Waals surface area contributed by atoms with E-state index in [1.165, 1.54) is 0 Å². The molecular weight excluding hydrogens is 240 g/mol. The summed E-state index contributed by atoms with van der Waals surface area (Å²) in [5.74, 6) is 0.133. The highest BCUT2D eigenvalue weighted by Crippen LogP contribution is 2.22. The van der Waals surface area contributed by atoms with Crippen LogP contribution >= 0.6 is 0 Å². The van der Waals surface area contributed by atoms with Gasteiger partial charge in [-0.05, 0) is 23.8 Å². The summed E-state index contributed by atoms with van der Waals surface area (Å²) < 4.78 is 5.09. The molecule has 3 N–H and O–H groups in total. The Morgan fingerprint density at radius 1 is 1.21 bits per heavy atom. The summed E-state index contributed by atoms with van der Waals surface area (Å²) in [6, 6.07) is 15.2. The molecule has 4 heteroatoms. The van der Waals surface area contributed by atoms with Gasteiger partial charge in [-0.1, -0.05) is 30.3 Å². The molecule has 19 heavy (non-hydrogen) atoms. The lowest BCUT2D eigenvalue weighted by atomic mass is 10.1. The van der Waals surface area contributed by atoms with Gasteiger partial charge in [0, 0.05) is 12.2 Å². The van der Waals surface area contributed by atoms with Crippen molar-refractivity contribution in [1.82, 2.24) is 0 Å². The van der Waals surface area contributed by atoms with E-state index in [9.17, 15) is 4.79 Å². The van der Waals surface area contributed by atoms with Gasteiger partial charge in [0.2, 0.25) is 0 Å². The molecule has 0 bridgehead atoms. The van der Waals surface area contributed by atoms with Crippen molar-refractivity contribution in [1.29, 1.82) is 0 Å². The zero-order valence-corrected chi connectivity index (χ0v) is 10.7. The molecule has 4 nitrogen and oxygen atoms in total. The van der Waals surface area contributed by atoms with Crippen molar-refractivity contribution in [3.63, 3.8) is 0 Å². The van der Waals surface area contributed by atoms with Crippen molar-refractivity contribution < 1.29 is 9.53 Å². The number of hydrogen-bond donors (Lipinski definition) is 2. The van der Waals surface area contributed by atoms with Crippen LogP contribution in [0.5, 0.6) is 5.75 Å². The Morgan fingerprint density at radius 2 is 1.95 bits per heavy atom. The molecule has 2 rings (SSSR count). The van der Waals surface area contributed by atoms with Crippen LogP contribution in [-0.4, -0.2) is 13.0 Å². The SMILES string of the molecule is COc1ccc(NCc2ccccc2)c(C(N)=O)c1. The molecule has 0 aliphatic heterocycles. The lowest BCUT2D eigenvalue weighted by Crippen LogP contribution is -2.14. The van der Waals surface area contributed by atoms with Crippen LogP contribution in [0.15, 0.2) is 48.5 Å². The third kappa shape index (κ3) is 3.25. The van der Waals surface area contributed by atoms with Crippen LogP contribution in [0.2, 0.25) is 0 Å². The van der Waals surface area contributed by atoms with Gasteiger partial charge in [0.15, 0.2) is 0 Å². The van der Waals surface area contributed by atoms with E-state index >= 15 is 0 Å². The molecule has 0 fully saturated rings. The monoisotopic (exact) mass is 256 g/mol. The highest BCUT2D eigenvalue weighted by atomic mass is 16.5. The Bertz CT molecular complexity index is 568. The van der Waals surface area contributed by atoms with Gasteiger partial charge in [-0.2, -0.15) is 0 Å². The molecule has 1 amide bonds. The van der Waals surface area contributed by atoms with Gasteiger partial charge in [-0.15, -0.1) is 0 Å². The number of hydrogen-bond acceptors (Lipinski definition) is 3. The fourth-order valence-electron chi connectivity index (χ4n) is 1.80. The largest absolute Gasteiger partial charge is 0.497 e.